The summed E-state index contributed by atoms with van der Waals surface area (Å²) in [7, 11) is 0. The molecular formula is C27H23F3N4O4. The number of benzene rings is 2. The van der Waals surface area contributed by atoms with E-state index in [2.05, 4.69) is 31.3 Å². The Balaban J connectivity index is 1.24. The Hall–Kier alpha value is -4.51. The molecule has 38 heavy (non-hydrogen) atoms. The number of hydrogen-bond donors (Lipinski definition) is 2. The Labute approximate surface area is 216 Å². The summed E-state index contributed by atoms with van der Waals surface area (Å²) in [5, 5.41) is 5.24. The number of fused-ring (bicyclic) bond motifs is 1. The number of halogens is 3. The minimum Gasteiger partial charge on any atom is -0.468 e. The lowest BCUT2D eigenvalue weighted by atomic mass is 9.98. The van der Waals surface area contributed by atoms with Crippen molar-refractivity contribution in [2.24, 2.45) is 0 Å². The Bertz CT molecular complexity index is 1390. The van der Waals surface area contributed by atoms with E-state index in [1.54, 1.807) is 24.6 Å². The van der Waals surface area contributed by atoms with Gasteiger partial charge in [0.15, 0.2) is 0 Å². The van der Waals surface area contributed by atoms with E-state index < -0.39 is 12.4 Å². The first-order valence-electron chi connectivity index (χ1n) is 11.7. The van der Waals surface area contributed by atoms with Crippen LogP contribution in [0, 0.1) is 0 Å². The summed E-state index contributed by atoms with van der Waals surface area (Å²) >= 11 is 0. The monoisotopic (exact) mass is 524 g/mol. The third-order valence-corrected chi connectivity index (χ3v) is 5.83. The number of hydrogen-bond acceptors (Lipinski definition) is 6. The van der Waals surface area contributed by atoms with Crippen molar-refractivity contribution in [1.82, 2.24) is 9.88 Å². The van der Waals surface area contributed by atoms with Gasteiger partial charge in [0.05, 0.1) is 12.8 Å². The summed E-state index contributed by atoms with van der Waals surface area (Å²) in [5.74, 6) is 1.39. The summed E-state index contributed by atoms with van der Waals surface area (Å²) in [5.41, 5.74) is 2.82. The van der Waals surface area contributed by atoms with E-state index >= 15 is 0 Å². The lowest BCUT2D eigenvalue weighted by molar-refractivity contribution is -0.274. The molecule has 1 aliphatic rings. The Morgan fingerprint density at radius 3 is 2.63 bits per heavy atom. The first-order valence-corrected chi connectivity index (χ1v) is 11.7. The highest BCUT2D eigenvalue weighted by Gasteiger charge is 2.31. The normalized spacial score (nSPS) is 13.4. The molecule has 8 nitrogen and oxygen atoms in total. The molecule has 196 valence electrons. The van der Waals surface area contributed by atoms with Gasteiger partial charge in [-0.3, -0.25) is 4.90 Å². The molecular weight excluding hydrogens is 501 g/mol. The number of alkyl halides is 3. The minimum absolute atomic E-state index is 0.211. The lowest BCUT2D eigenvalue weighted by Crippen LogP contribution is -2.30. The standard InChI is InChI=1S/C27H23F3N4O4/c28-27(29,30)38-20-10-8-19(9-11-20)32-26(35)33-23-6-2-13-31-25(23)37-24-7-1-4-18-16-34(14-12-22(18)24)17-21-5-3-15-36-21/h1-11,13,15H,12,14,16-17H2,(H2,32,33,35). The van der Waals surface area contributed by atoms with Crippen LogP contribution in [0.25, 0.3) is 0 Å². The first kappa shape index (κ1) is 25.2. The summed E-state index contributed by atoms with van der Waals surface area (Å²) in [6, 6.07) is 17.2. The zero-order chi connectivity index (χ0) is 26.5. The van der Waals surface area contributed by atoms with Gasteiger partial charge in [-0.15, -0.1) is 13.2 Å². The predicted molar refractivity (Wildman–Crippen MR) is 133 cm³/mol. The van der Waals surface area contributed by atoms with Crippen molar-refractivity contribution in [3.63, 3.8) is 0 Å². The van der Waals surface area contributed by atoms with E-state index in [1.807, 2.05) is 24.3 Å². The molecule has 0 saturated carbocycles. The number of urea groups is 1. The van der Waals surface area contributed by atoms with E-state index in [9.17, 15) is 18.0 Å². The topological polar surface area (TPSA) is 88.9 Å². The van der Waals surface area contributed by atoms with E-state index in [-0.39, 0.29) is 17.3 Å². The van der Waals surface area contributed by atoms with Crippen LogP contribution in [0.4, 0.5) is 29.3 Å². The summed E-state index contributed by atoms with van der Waals surface area (Å²) in [4.78, 5) is 19.1. The number of nitrogens with zero attached hydrogens (tertiary/aromatic N) is 2. The number of carbonyl (C=O) groups excluding carboxylic acids is 1. The highest BCUT2D eigenvalue weighted by Crippen LogP contribution is 2.34. The van der Waals surface area contributed by atoms with Gasteiger partial charge in [0.25, 0.3) is 0 Å². The van der Waals surface area contributed by atoms with Crippen molar-refractivity contribution >= 4 is 17.4 Å². The van der Waals surface area contributed by atoms with Gasteiger partial charge < -0.3 is 24.5 Å². The second-order valence-corrected chi connectivity index (χ2v) is 8.54. The van der Waals surface area contributed by atoms with Crippen molar-refractivity contribution in [3.05, 3.63) is 96.1 Å². The Morgan fingerprint density at radius 2 is 1.87 bits per heavy atom. The number of carbonyl (C=O) groups is 1. The van der Waals surface area contributed by atoms with Gasteiger partial charge in [-0.2, -0.15) is 0 Å². The lowest BCUT2D eigenvalue weighted by Gasteiger charge is -2.29. The number of amides is 2. The van der Waals surface area contributed by atoms with Crippen molar-refractivity contribution in [2.75, 3.05) is 17.2 Å². The Kier molecular flexibility index (Phi) is 7.18. The molecule has 2 aromatic carbocycles. The van der Waals surface area contributed by atoms with Gasteiger partial charge in [-0.1, -0.05) is 12.1 Å². The van der Waals surface area contributed by atoms with Gasteiger partial charge in [-0.05, 0) is 66.6 Å². The number of pyridine rings is 1. The maximum atomic E-state index is 12.6. The third kappa shape index (κ3) is 6.43. The second-order valence-electron chi connectivity index (χ2n) is 8.54. The van der Waals surface area contributed by atoms with E-state index in [0.29, 0.717) is 11.4 Å². The molecule has 0 bridgehead atoms. The van der Waals surface area contributed by atoms with Crippen molar-refractivity contribution < 1.29 is 31.9 Å². The fourth-order valence-electron chi connectivity index (χ4n) is 4.18. The molecule has 2 N–H and O–H groups in total. The largest absolute Gasteiger partial charge is 0.573 e. The van der Waals surface area contributed by atoms with Crippen LogP contribution < -0.4 is 20.1 Å². The highest BCUT2D eigenvalue weighted by atomic mass is 19.4. The van der Waals surface area contributed by atoms with Crippen LogP contribution in [0.15, 0.2) is 83.6 Å². The molecule has 0 radical (unpaired) electrons. The van der Waals surface area contributed by atoms with Crippen LogP contribution >= 0.6 is 0 Å². The first-order chi connectivity index (χ1) is 18.3. The van der Waals surface area contributed by atoms with Gasteiger partial charge in [0.2, 0.25) is 5.88 Å². The molecule has 0 spiro atoms. The second kappa shape index (κ2) is 10.9. The summed E-state index contributed by atoms with van der Waals surface area (Å²) < 4.78 is 52.5. The molecule has 0 aliphatic carbocycles. The van der Waals surface area contributed by atoms with Crippen molar-refractivity contribution in [2.45, 2.75) is 25.9 Å². The molecule has 2 aromatic heterocycles. The van der Waals surface area contributed by atoms with Gasteiger partial charge in [0, 0.05) is 30.5 Å². The maximum Gasteiger partial charge on any atom is 0.573 e. The summed E-state index contributed by atoms with van der Waals surface area (Å²) in [6.07, 6.45) is -0.796. The number of nitrogens with one attached hydrogen (secondary N) is 2. The number of rotatable bonds is 7. The fraction of sp³-hybridized carbons (Fsp3) is 0.185. The molecule has 0 atom stereocenters. The molecule has 2 amide bonds. The molecule has 4 aromatic rings. The minimum atomic E-state index is -4.79. The van der Waals surface area contributed by atoms with Crippen LogP contribution in [-0.4, -0.2) is 28.8 Å². The molecule has 0 fully saturated rings. The van der Waals surface area contributed by atoms with Crippen LogP contribution in [-0.2, 0) is 19.5 Å². The number of anilines is 2. The van der Waals surface area contributed by atoms with Crippen LogP contribution in [0.5, 0.6) is 17.4 Å². The molecule has 0 unspecified atom stereocenters. The SMILES string of the molecule is O=C(Nc1ccc(OC(F)(F)F)cc1)Nc1cccnc1Oc1cccc2c1CCN(Cc1ccco1)C2. The van der Waals surface area contributed by atoms with E-state index in [0.717, 1.165) is 55.1 Å². The van der Waals surface area contributed by atoms with E-state index in [4.69, 9.17) is 9.15 Å². The number of furan rings is 1. The zero-order valence-electron chi connectivity index (χ0n) is 20.0. The number of ether oxygens (including phenoxy) is 2. The predicted octanol–water partition coefficient (Wildman–Crippen LogP) is 6.57. The van der Waals surface area contributed by atoms with Crippen LogP contribution in [0.3, 0.4) is 0 Å². The maximum absolute atomic E-state index is 12.6. The van der Waals surface area contributed by atoms with Crippen LogP contribution in [0.2, 0.25) is 0 Å². The smallest absolute Gasteiger partial charge is 0.468 e. The molecule has 3 heterocycles. The van der Waals surface area contributed by atoms with Crippen molar-refractivity contribution in [3.8, 4) is 17.4 Å². The van der Waals surface area contributed by atoms with E-state index in [1.165, 1.54) is 12.1 Å². The summed E-state index contributed by atoms with van der Waals surface area (Å²) in [6.45, 7) is 2.30. The molecule has 0 saturated heterocycles. The molecule has 11 heteroatoms. The highest BCUT2D eigenvalue weighted by molar-refractivity contribution is 6.00. The van der Waals surface area contributed by atoms with Crippen LogP contribution in [0.1, 0.15) is 16.9 Å². The third-order valence-electron chi connectivity index (χ3n) is 5.83. The molecule has 5 rings (SSSR count). The van der Waals surface area contributed by atoms with Gasteiger partial charge >= 0.3 is 12.4 Å². The van der Waals surface area contributed by atoms with Gasteiger partial charge in [0.1, 0.15) is 22.9 Å². The Morgan fingerprint density at radius 1 is 1.03 bits per heavy atom. The number of aromatic nitrogens is 1. The quantitative estimate of drug-likeness (QED) is 0.284. The van der Waals surface area contributed by atoms with Crippen molar-refractivity contribution in [1.29, 1.82) is 0 Å². The fourth-order valence-corrected chi connectivity index (χ4v) is 4.18. The average Bonchev–Trinajstić information content (AvgIpc) is 3.39. The molecule has 1 aliphatic heterocycles. The average molecular weight is 524 g/mol. The zero-order valence-corrected chi connectivity index (χ0v) is 20.0. The van der Waals surface area contributed by atoms with Gasteiger partial charge in [-0.25, -0.2) is 9.78 Å².